The van der Waals surface area contributed by atoms with Crippen LogP contribution in [0.4, 0.5) is 0 Å². The van der Waals surface area contributed by atoms with E-state index < -0.39 is 0 Å². The third-order valence-corrected chi connectivity index (χ3v) is 2.38. The summed E-state index contributed by atoms with van der Waals surface area (Å²) in [5, 5.41) is 5.45. The van der Waals surface area contributed by atoms with Crippen molar-refractivity contribution in [1.82, 2.24) is 15.1 Å². The molecule has 1 unspecified atom stereocenters. The van der Waals surface area contributed by atoms with E-state index in [1.54, 1.807) is 0 Å². The molecule has 1 aliphatic heterocycles. The van der Waals surface area contributed by atoms with Gasteiger partial charge in [0.05, 0.1) is 11.3 Å². The lowest BCUT2D eigenvalue weighted by atomic mass is 10.2. The lowest BCUT2D eigenvalue weighted by Crippen LogP contribution is -2.18. The zero-order valence-electron chi connectivity index (χ0n) is 6.64. The average molecular weight is 153 g/mol. The minimum Gasteiger partial charge on any atom is -0.301 e. The van der Waals surface area contributed by atoms with Gasteiger partial charge in [0.1, 0.15) is 0 Å². The molecule has 4 heteroatoms. The Hall–Kier alpha value is -1.03. The molecule has 1 aliphatic rings. The molecule has 1 atom stereocenters. The summed E-state index contributed by atoms with van der Waals surface area (Å²) in [6.07, 6.45) is 0. The summed E-state index contributed by atoms with van der Waals surface area (Å²) in [6, 6.07) is 0.250. The molecule has 0 fully saturated rings. The van der Waals surface area contributed by atoms with E-state index in [0.717, 1.165) is 17.8 Å². The molecule has 0 radical (unpaired) electrons. The fourth-order valence-electron chi connectivity index (χ4n) is 1.58. The van der Waals surface area contributed by atoms with Gasteiger partial charge in [0, 0.05) is 12.6 Å². The van der Waals surface area contributed by atoms with E-state index in [-0.39, 0.29) is 11.6 Å². The first-order valence-corrected chi connectivity index (χ1v) is 3.70. The van der Waals surface area contributed by atoms with Gasteiger partial charge >= 0.3 is 0 Å². The second kappa shape index (κ2) is 1.98. The number of nitrogens with zero attached hydrogens (tertiary/aromatic N) is 1. The second-order valence-corrected chi connectivity index (χ2v) is 3.06. The first-order valence-electron chi connectivity index (χ1n) is 3.70. The van der Waals surface area contributed by atoms with Gasteiger partial charge in [-0.05, 0) is 14.0 Å². The summed E-state index contributed by atoms with van der Waals surface area (Å²) in [5.41, 5.74) is 1.95. The smallest absolute Gasteiger partial charge is 0.268 e. The van der Waals surface area contributed by atoms with Crippen LogP contribution in [0, 0.1) is 0 Å². The fourth-order valence-corrected chi connectivity index (χ4v) is 1.58. The summed E-state index contributed by atoms with van der Waals surface area (Å²) in [6.45, 7) is 2.88. The van der Waals surface area contributed by atoms with Gasteiger partial charge in [0.25, 0.3) is 5.56 Å². The van der Waals surface area contributed by atoms with Crippen molar-refractivity contribution in [3.8, 4) is 0 Å². The van der Waals surface area contributed by atoms with Crippen molar-refractivity contribution < 1.29 is 0 Å². The van der Waals surface area contributed by atoms with Crippen LogP contribution in [0.25, 0.3) is 0 Å². The predicted octanol–water partition coefficient (Wildman–Crippen LogP) is 0.209. The Balaban J connectivity index is 2.58. The summed E-state index contributed by atoms with van der Waals surface area (Å²) < 4.78 is 0. The molecule has 0 saturated heterocycles. The summed E-state index contributed by atoms with van der Waals surface area (Å²) in [5.74, 6) is 0. The highest BCUT2D eigenvalue weighted by molar-refractivity contribution is 5.24. The molecule has 0 bridgehead atoms. The topological polar surface area (TPSA) is 51.9 Å². The van der Waals surface area contributed by atoms with E-state index in [1.165, 1.54) is 0 Å². The number of H-pyrrole nitrogens is 2. The summed E-state index contributed by atoms with van der Waals surface area (Å²) in [4.78, 5) is 13.3. The molecule has 1 aromatic heterocycles. The van der Waals surface area contributed by atoms with E-state index in [4.69, 9.17) is 0 Å². The lowest BCUT2D eigenvalue weighted by Gasteiger charge is -2.13. The van der Waals surface area contributed by atoms with Crippen molar-refractivity contribution >= 4 is 0 Å². The first kappa shape index (κ1) is 6.67. The SMILES string of the molecule is CC1c2c([nH][nH]c2=O)CN1C. The number of aromatic nitrogens is 2. The van der Waals surface area contributed by atoms with Crippen molar-refractivity contribution in [2.24, 2.45) is 0 Å². The maximum Gasteiger partial charge on any atom is 0.268 e. The standard InChI is InChI=1S/C7H11N3O/c1-4-6-5(3-10(4)2)8-9-7(6)11/h4H,3H2,1-2H3,(H2,8,9,11). The third-order valence-electron chi connectivity index (χ3n) is 2.38. The number of nitrogens with one attached hydrogen (secondary N) is 2. The van der Waals surface area contributed by atoms with Crippen LogP contribution >= 0.6 is 0 Å². The number of hydrogen-bond acceptors (Lipinski definition) is 2. The van der Waals surface area contributed by atoms with E-state index in [1.807, 2.05) is 14.0 Å². The van der Waals surface area contributed by atoms with Crippen LogP contribution in [0.15, 0.2) is 4.79 Å². The highest BCUT2D eigenvalue weighted by Crippen LogP contribution is 2.26. The Morgan fingerprint density at radius 3 is 2.91 bits per heavy atom. The van der Waals surface area contributed by atoms with Gasteiger partial charge in [-0.2, -0.15) is 0 Å². The van der Waals surface area contributed by atoms with Gasteiger partial charge in [-0.3, -0.25) is 14.8 Å². The van der Waals surface area contributed by atoms with Gasteiger partial charge in [-0.25, -0.2) is 0 Å². The number of fused-ring (bicyclic) bond motifs is 1. The normalized spacial score (nSPS) is 24.0. The summed E-state index contributed by atoms with van der Waals surface area (Å²) in [7, 11) is 2.01. The molecule has 0 spiro atoms. The van der Waals surface area contributed by atoms with Crippen LogP contribution in [0.2, 0.25) is 0 Å². The first-order chi connectivity index (χ1) is 5.20. The zero-order valence-corrected chi connectivity index (χ0v) is 6.64. The molecular formula is C7H11N3O. The van der Waals surface area contributed by atoms with Gasteiger partial charge < -0.3 is 5.10 Å². The van der Waals surface area contributed by atoms with E-state index in [0.29, 0.717) is 0 Å². The zero-order chi connectivity index (χ0) is 8.01. The van der Waals surface area contributed by atoms with E-state index in [2.05, 4.69) is 15.1 Å². The van der Waals surface area contributed by atoms with E-state index in [9.17, 15) is 4.79 Å². The maximum atomic E-state index is 11.2. The van der Waals surface area contributed by atoms with Gasteiger partial charge in [0.15, 0.2) is 0 Å². The molecule has 2 heterocycles. The monoisotopic (exact) mass is 153 g/mol. The molecule has 1 aromatic rings. The molecule has 0 aromatic carbocycles. The Kier molecular flexibility index (Phi) is 1.20. The highest BCUT2D eigenvalue weighted by atomic mass is 16.1. The van der Waals surface area contributed by atoms with Crippen LogP contribution in [-0.4, -0.2) is 22.1 Å². The van der Waals surface area contributed by atoms with Crippen LogP contribution < -0.4 is 5.56 Å². The van der Waals surface area contributed by atoms with Crippen molar-refractivity contribution in [3.05, 3.63) is 21.6 Å². The van der Waals surface area contributed by atoms with Gasteiger partial charge in [-0.15, -0.1) is 0 Å². The van der Waals surface area contributed by atoms with Crippen molar-refractivity contribution in [2.75, 3.05) is 7.05 Å². The Labute approximate surface area is 64.2 Å². The third kappa shape index (κ3) is 0.758. The molecular weight excluding hydrogens is 142 g/mol. The molecule has 2 rings (SSSR count). The lowest BCUT2D eigenvalue weighted by molar-refractivity contribution is 0.282. The van der Waals surface area contributed by atoms with Gasteiger partial charge in [-0.1, -0.05) is 0 Å². The van der Waals surface area contributed by atoms with Crippen LogP contribution in [0.3, 0.4) is 0 Å². The molecule has 2 N–H and O–H groups in total. The number of hydrogen-bond donors (Lipinski definition) is 2. The van der Waals surface area contributed by atoms with Crippen molar-refractivity contribution in [3.63, 3.8) is 0 Å². The molecule has 11 heavy (non-hydrogen) atoms. The largest absolute Gasteiger partial charge is 0.301 e. The molecule has 0 aliphatic carbocycles. The van der Waals surface area contributed by atoms with E-state index >= 15 is 0 Å². The average Bonchev–Trinajstić information content (AvgIpc) is 2.41. The minimum atomic E-state index is 0.0249. The van der Waals surface area contributed by atoms with Crippen LogP contribution in [0.1, 0.15) is 24.2 Å². The maximum absolute atomic E-state index is 11.2. The number of rotatable bonds is 0. The van der Waals surface area contributed by atoms with Crippen molar-refractivity contribution in [1.29, 1.82) is 0 Å². The fraction of sp³-hybridized carbons (Fsp3) is 0.571. The van der Waals surface area contributed by atoms with Crippen LogP contribution in [-0.2, 0) is 6.54 Å². The Morgan fingerprint density at radius 1 is 1.55 bits per heavy atom. The quantitative estimate of drug-likeness (QED) is 0.559. The second-order valence-electron chi connectivity index (χ2n) is 3.06. The number of aromatic amines is 2. The van der Waals surface area contributed by atoms with Gasteiger partial charge in [0.2, 0.25) is 0 Å². The summed E-state index contributed by atoms with van der Waals surface area (Å²) >= 11 is 0. The molecule has 0 amide bonds. The minimum absolute atomic E-state index is 0.0249. The molecule has 4 nitrogen and oxygen atoms in total. The Morgan fingerprint density at radius 2 is 2.27 bits per heavy atom. The highest BCUT2D eigenvalue weighted by Gasteiger charge is 2.27. The molecule has 0 saturated carbocycles. The predicted molar refractivity (Wildman–Crippen MR) is 41.3 cm³/mol. The molecule has 60 valence electrons. The van der Waals surface area contributed by atoms with Crippen LogP contribution in [0.5, 0.6) is 0 Å². The Bertz CT molecular complexity index is 325. The van der Waals surface area contributed by atoms with Crippen molar-refractivity contribution in [2.45, 2.75) is 19.5 Å².